The number of nitrogens with one attached hydrogen (secondary N) is 1. The Balaban J connectivity index is 2.67. The maximum absolute atomic E-state index is 4.66. The van der Waals surface area contributed by atoms with Crippen molar-refractivity contribution in [3.05, 3.63) is 47.8 Å². The van der Waals surface area contributed by atoms with E-state index >= 15 is 0 Å². The largest absolute Gasteiger partial charge is 0.384 e. The van der Waals surface area contributed by atoms with Crippen molar-refractivity contribution in [3.63, 3.8) is 0 Å². The lowest BCUT2D eigenvalue weighted by Crippen LogP contribution is -2.12. The van der Waals surface area contributed by atoms with Gasteiger partial charge in [0.2, 0.25) is 0 Å². The zero-order valence-electron chi connectivity index (χ0n) is 10.7. The molecular formula is C15H18N2. The van der Waals surface area contributed by atoms with Crippen LogP contribution in [0.4, 0.5) is 0 Å². The van der Waals surface area contributed by atoms with Gasteiger partial charge in [-0.15, -0.1) is 0 Å². The highest BCUT2D eigenvalue weighted by atomic mass is 14.9. The van der Waals surface area contributed by atoms with Crippen molar-refractivity contribution in [2.45, 2.75) is 20.8 Å². The Morgan fingerprint density at radius 2 is 1.88 bits per heavy atom. The van der Waals surface area contributed by atoms with Crippen LogP contribution in [0.25, 0.3) is 16.5 Å². The number of fused-ring (bicyclic) bond motifs is 1. The second-order valence-corrected chi connectivity index (χ2v) is 4.23. The van der Waals surface area contributed by atoms with Crippen LogP contribution >= 0.6 is 0 Å². The molecule has 88 valence electrons. The summed E-state index contributed by atoms with van der Waals surface area (Å²) < 4.78 is 0. The number of nitrogens with zero attached hydrogens (tertiary/aromatic N) is 1. The minimum Gasteiger partial charge on any atom is -0.384 e. The smallest absolute Gasteiger partial charge is 0.0893 e. The minimum atomic E-state index is 0.867. The van der Waals surface area contributed by atoms with Gasteiger partial charge in [0.1, 0.15) is 0 Å². The summed E-state index contributed by atoms with van der Waals surface area (Å²) in [5.74, 6) is 0. The van der Waals surface area contributed by atoms with Gasteiger partial charge < -0.3 is 5.32 Å². The number of aryl methyl sites for hydroxylation is 2. The lowest BCUT2D eigenvalue weighted by Gasteiger charge is -2.13. The topological polar surface area (TPSA) is 24.9 Å². The summed E-state index contributed by atoms with van der Waals surface area (Å²) in [6.45, 7) is 11.1. The van der Waals surface area contributed by atoms with E-state index in [1.54, 1.807) is 0 Å². The second-order valence-electron chi connectivity index (χ2n) is 4.23. The van der Waals surface area contributed by atoms with Crippen molar-refractivity contribution in [2.75, 3.05) is 6.54 Å². The molecule has 2 heteroatoms. The normalized spacial score (nSPS) is 10.5. The molecule has 1 heterocycles. The fourth-order valence-corrected chi connectivity index (χ4v) is 2.16. The first kappa shape index (κ1) is 11.6. The van der Waals surface area contributed by atoms with Crippen molar-refractivity contribution < 1.29 is 0 Å². The lowest BCUT2D eigenvalue weighted by molar-refractivity contribution is 0.929. The predicted octanol–water partition coefficient (Wildman–Crippen LogP) is 3.43. The molecule has 0 aliphatic carbocycles. The molecule has 2 aromatic rings. The molecule has 0 atom stereocenters. The molecule has 0 amide bonds. The van der Waals surface area contributed by atoms with Gasteiger partial charge in [-0.05, 0) is 31.7 Å². The van der Waals surface area contributed by atoms with Crippen LogP contribution in [-0.4, -0.2) is 11.5 Å². The third-order valence-electron chi connectivity index (χ3n) is 3.03. The maximum Gasteiger partial charge on any atom is 0.0893 e. The molecular weight excluding hydrogens is 208 g/mol. The van der Waals surface area contributed by atoms with Crippen molar-refractivity contribution in [3.8, 4) is 0 Å². The first-order valence-corrected chi connectivity index (χ1v) is 5.94. The average Bonchev–Trinajstić information content (AvgIpc) is 2.34. The Bertz CT molecular complexity index is 570. The van der Waals surface area contributed by atoms with Gasteiger partial charge in [0.25, 0.3) is 0 Å². The first-order chi connectivity index (χ1) is 8.15. The van der Waals surface area contributed by atoms with Gasteiger partial charge in [0.15, 0.2) is 0 Å². The molecule has 2 nitrogen and oxygen atoms in total. The number of rotatable bonds is 3. The SMILES string of the molecule is C=C(NCC)c1nc(C)c2ccccc2c1C. The zero-order valence-corrected chi connectivity index (χ0v) is 10.7. The van der Waals surface area contributed by atoms with Gasteiger partial charge in [-0.1, -0.05) is 30.8 Å². The molecule has 1 aromatic carbocycles. The molecule has 0 aliphatic heterocycles. The molecule has 0 radical (unpaired) electrons. The van der Waals surface area contributed by atoms with Gasteiger partial charge in [-0.3, -0.25) is 4.98 Å². The molecule has 0 fully saturated rings. The van der Waals surface area contributed by atoms with Crippen LogP contribution in [0.5, 0.6) is 0 Å². The number of aromatic nitrogens is 1. The summed E-state index contributed by atoms with van der Waals surface area (Å²) in [6.07, 6.45) is 0. The number of hydrogen-bond donors (Lipinski definition) is 1. The molecule has 17 heavy (non-hydrogen) atoms. The molecule has 0 unspecified atom stereocenters. The van der Waals surface area contributed by atoms with Gasteiger partial charge in [0.05, 0.1) is 11.4 Å². The van der Waals surface area contributed by atoms with Crippen molar-refractivity contribution >= 4 is 16.5 Å². The lowest BCUT2D eigenvalue weighted by atomic mass is 10.0. The summed E-state index contributed by atoms with van der Waals surface area (Å²) in [5.41, 5.74) is 4.12. The Kier molecular flexibility index (Phi) is 3.14. The fraction of sp³-hybridized carbons (Fsp3) is 0.267. The molecule has 0 saturated carbocycles. The fourth-order valence-electron chi connectivity index (χ4n) is 2.16. The van der Waals surface area contributed by atoms with Crippen LogP contribution in [0.3, 0.4) is 0 Å². The summed E-state index contributed by atoms with van der Waals surface area (Å²) in [4.78, 5) is 4.66. The third kappa shape index (κ3) is 2.03. The van der Waals surface area contributed by atoms with Crippen LogP contribution in [0.1, 0.15) is 23.9 Å². The van der Waals surface area contributed by atoms with Crippen LogP contribution in [0, 0.1) is 13.8 Å². The summed E-state index contributed by atoms with van der Waals surface area (Å²) >= 11 is 0. The molecule has 0 aliphatic rings. The standard InChI is InChI=1S/C15H18N2/c1-5-16-12(4)15-10(2)13-8-6-7-9-14(13)11(3)17-15/h6-9,16H,4-5H2,1-3H3. The van der Waals surface area contributed by atoms with Crippen LogP contribution in [-0.2, 0) is 0 Å². The van der Waals surface area contributed by atoms with Gasteiger partial charge in [0, 0.05) is 17.6 Å². The highest BCUT2D eigenvalue weighted by molar-refractivity contribution is 5.90. The predicted molar refractivity (Wildman–Crippen MR) is 73.9 cm³/mol. The van der Waals surface area contributed by atoms with E-state index < -0.39 is 0 Å². The van der Waals surface area contributed by atoms with Crippen molar-refractivity contribution in [2.24, 2.45) is 0 Å². The monoisotopic (exact) mass is 226 g/mol. The van der Waals surface area contributed by atoms with E-state index in [9.17, 15) is 0 Å². The second kappa shape index (κ2) is 4.58. The van der Waals surface area contributed by atoms with Crippen LogP contribution in [0.2, 0.25) is 0 Å². The van der Waals surface area contributed by atoms with E-state index in [0.717, 1.165) is 23.6 Å². The van der Waals surface area contributed by atoms with Crippen molar-refractivity contribution in [1.82, 2.24) is 10.3 Å². The van der Waals surface area contributed by atoms with E-state index in [1.807, 2.05) is 6.92 Å². The molecule has 0 saturated heterocycles. The quantitative estimate of drug-likeness (QED) is 0.867. The maximum atomic E-state index is 4.66. The molecule has 0 bridgehead atoms. The van der Waals surface area contributed by atoms with Gasteiger partial charge in [-0.25, -0.2) is 0 Å². The zero-order chi connectivity index (χ0) is 12.4. The number of benzene rings is 1. The Morgan fingerprint density at radius 1 is 1.24 bits per heavy atom. The summed E-state index contributed by atoms with van der Waals surface area (Å²) in [5, 5.41) is 5.72. The third-order valence-corrected chi connectivity index (χ3v) is 3.03. The van der Waals surface area contributed by atoms with E-state index in [4.69, 9.17) is 0 Å². The summed E-state index contributed by atoms with van der Waals surface area (Å²) in [6, 6.07) is 8.37. The van der Waals surface area contributed by atoms with Gasteiger partial charge in [-0.2, -0.15) is 0 Å². The van der Waals surface area contributed by atoms with Crippen LogP contribution in [0.15, 0.2) is 30.8 Å². The minimum absolute atomic E-state index is 0.867. The Morgan fingerprint density at radius 3 is 2.53 bits per heavy atom. The Labute approximate surface area is 102 Å². The van der Waals surface area contributed by atoms with E-state index in [1.165, 1.54) is 16.3 Å². The average molecular weight is 226 g/mol. The first-order valence-electron chi connectivity index (χ1n) is 5.94. The van der Waals surface area contributed by atoms with E-state index in [-0.39, 0.29) is 0 Å². The van der Waals surface area contributed by atoms with Crippen molar-refractivity contribution in [1.29, 1.82) is 0 Å². The van der Waals surface area contributed by atoms with Crippen LogP contribution < -0.4 is 5.32 Å². The molecule has 2 rings (SSSR count). The number of pyridine rings is 1. The molecule has 0 spiro atoms. The Hall–Kier alpha value is -1.83. The molecule has 1 aromatic heterocycles. The highest BCUT2D eigenvalue weighted by Crippen LogP contribution is 2.25. The molecule has 1 N–H and O–H groups in total. The number of hydrogen-bond acceptors (Lipinski definition) is 2. The summed E-state index contributed by atoms with van der Waals surface area (Å²) in [7, 11) is 0. The van der Waals surface area contributed by atoms with E-state index in [2.05, 4.69) is 55.0 Å². The van der Waals surface area contributed by atoms with Gasteiger partial charge >= 0.3 is 0 Å². The highest BCUT2D eigenvalue weighted by Gasteiger charge is 2.09. The van der Waals surface area contributed by atoms with E-state index in [0.29, 0.717) is 0 Å².